The van der Waals surface area contributed by atoms with Gasteiger partial charge in [-0.3, -0.25) is 4.79 Å². The summed E-state index contributed by atoms with van der Waals surface area (Å²) in [5, 5.41) is 2.68. The molecular formula is C11H23ClN2O3S. The average molecular weight is 299 g/mol. The molecular weight excluding hydrogens is 276 g/mol. The highest BCUT2D eigenvalue weighted by Gasteiger charge is 2.21. The summed E-state index contributed by atoms with van der Waals surface area (Å²) in [7, 11) is -3.47. The summed E-state index contributed by atoms with van der Waals surface area (Å²) in [5.74, 6) is 0.0718. The summed E-state index contributed by atoms with van der Waals surface area (Å²) in [4.78, 5) is 11.6. The lowest BCUT2D eigenvalue weighted by Gasteiger charge is -2.16. The average Bonchev–Trinajstić information content (AvgIpc) is 2.23. The van der Waals surface area contributed by atoms with Crippen LogP contribution < -0.4 is 10.0 Å². The lowest BCUT2D eigenvalue weighted by Crippen LogP contribution is -2.46. The molecule has 0 aromatic heterocycles. The van der Waals surface area contributed by atoms with Gasteiger partial charge in [0.15, 0.2) is 0 Å². The van der Waals surface area contributed by atoms with E-state index >= 15 is 0 Å². The molecule has 0 aromatic carbocycles. The van der Waals surface area contributed by atoms with Crippen LogP contribution in [0.5, 0.6) is 0 Å². The second-order valence-corrected chi connectivity index (χ2v) is 7.13. The normalized spacial score (nSPS) is 15.4. The Balaban J connectivity index is 4.29. The zero-order valence-corrected chi connectivity index (χ0v) is 12.9. The molecule has 0 heterocycles. The molecule has 2 N–H and O–H groups in total. The van der Waals surface area contributed by atoms with Gasteiger partial charge < -0.3 is 5.32 Å². The van der Waals surface area contributed by atoms with E-state index < -0.39 is 16.1 Å². The van der Waals surface area contributed by atoms with E-state index in [0.717, 1.165) is 0 Å². The van der Waals surface area contributed by atoms with Crippen LogP contribution in [0.4, 0.5) is 0 Å². The van der Waals surface area contributed by atoms with Gasteiger partial charge in [-0.15, -0.1) is 11.6 Å². The van der Waals surface area contributed by atoms with Gasteiger partial charge in [0, 0.05) is 12.4 Å². The molecule has 0 saturated carbocycles. The Labute approximate surface area is 115 Å². The van der Waals surface area contributed by atoms with Gasteiger partial charge in [0.2, 0.25) is 15.9 Å². The van der Waals surface area contributed by atoms with E-state index in [-0.39, 0.29) is 23.5 Å². The Morgan fingerprint density at radius 1 is 1.22 bits per heavy atom. The van der Waals surface area contributed by atoms with Gasteiger partial charge in [-0.1, -0.05) is 20.8 Å². The van der Waals surface area contributed by atoms with Crippen molar-refractivity contribution in [3.05, 3.63) is 0 Å². The van der Waals surface area contributed by atoms with Gasteiger partial charge in [-0.2, -0.15) is 0 Å². The number of sulfonamides is 1. The molecule has 2 unspecified atom stereocenters. The number of rotatable bonds is 8. The molecule has 1 amide bonds. The van der Waals surface area contributed by atoms with Crippen molar-refractivity contribution < 1.29 is 13.2 Å². The highest BCUT2D eigenvalue weighted by molar-refractivity contribution is 7.89. The Hall–Kier alpha value is -0.330. The fourth-order valence-electron chi connectivity index (χ4n) is 1.25. The quantitative estimate of drug-likeness (QED) is 0.655. The molecule has 0 spiro atoms. The summed E-state index contributed by atoms with van der Waals surface area (Å²) >= 11 is 5.57. The van der Waals surface area contributed by atoms with Crippen molar-refractivity contribution in [2.24, 2.45) is 11.8 Å². The first-order valence-corrected chi connectivity index (χ1v) is 8.20. The van der Waals surface area contributed by atoms with Crippen molar-refractivity contribution in [2.45, 2.75) is 33.7 Å². The fourth-order valence-corrected chi connectivity index (χ4v) is 3.10. The largest absolute Gasteiger partial charge is 0.354 e. The van der Waals surface area contributed by atoms with Crippen LogP contribution in [0.2, 0.25) is 0 Å². The Kier molecular flexibility index (Phi) is 7.82. The number of alkyl halides is 1. The summed E-state index contributed by atoms with van der Waals surface area (Å²) in [6.07, 6.45) is 0. The molecule has 0 bridgehead atoms. The van der Waals surface area contributed by atoms with E-state index in [1.165, 1.54) is 6.92 Å². The second kappa shape index (κ2) is 7.96. The van der Waals surface area contributed by atoms with E-state index in [1.54, 1.807) is 6.92 Å². The predicted molar refractivity (Wildman–Crippen MR) is 74.1 cm³/mol. The highest BCUT2D eigenvalue weighted by Crippen LogP contribution is 2.03. The molecule has 0 aliphatic heterocycles. The van der Waals surface area contributed by atoms with Crippen molar-refractivity contribution in [3.8, 4) is 0 Å². The van der Waals surface area contributed by atoms with Crippen LogP contribution in [0, 0.1) is 11.8 Å². The van der Waals surface area contributed by atoms with E-state index in [2.05, 4.69) is 10.0 Å². The predicted octanol–water partition coefficient (Wildman–Crippen LogP) is 0.941. The van der Waals surface area contributed by atoms with Gasteiger partial charge in [0.1, 0.15) is 0 Å². The minimum Gasteiger partial charge on any atom is -0.354 e. The van der Waals surface area contributed by atoms with Crippen LogP contribution in [-0.4, -0.2) is 38.5 Å². The third-order valence-electron chi connectivity index (χ3n) is 2.20. The van der Waals surface area contributed by atoms with Crippen molar-refractivity contribution in [1.29, 1.82) is 0 Å². The lowest BCUT2D eigenvalue weighted by atomic mass is 10.2. The number of hydrogen-bond donors (Lipinski definition) is 2. The third-order valence-corrected chi connectivity index (χ3v) is 4.45. The number of hydrogen-bond acceptors (Lipinski definition) is 3. The molecule has 0 rings (SSSR count). The highest BCUT2D eigenvalue weighted by atomic mass is 35.5. The van der Waals surface area contributed by atoms with Gasteiger partial charge in [0.05, 0.1) is 11.8 Å². The van der Waals surface area contributed by atoms with Gasteiger partial charge in [0.25, 0.3) is 0 Å². The molecule has 0 aromatic rings. The van der Waals surface area contributed by atoms with Crippen LogP contribution in [0.25, 0.3) is 0 Å². The number of carbonyl (C=O) groups excluding carboxylic acids is 1. The van der Waals surface area contributed by atoms with Crippen LogP contribution >= 0.6 is 11.6 Å². The van der Waals surface area contributed by atoms with Crippen LogP contribution in [0.15, 0.2) is 0 Å². The smallest absolute Gasteiger partial charge is 0.237 e. The van der Waals surface area contributed by atoms with Crippen molar-refractivity contribution in [3.63, 3.8) is 0 Å². The maximum Gasteiger partial charge on any atom is 0.237 e. The zero-order chi connectivity index (χ0) is 14.3. The molecule has 0 fully saturated rings. The molecule has 108 valence electrons. The van der Waals surface area contributed by atoms with Gasteiger partial charge in [-0.25, -0.2) is 13.1 Å². The molecule has 0 aliphatic rings. The first-order valence-electron chi connectivity index (χ1n) is 6.01. The maximum atomic E-state index is 11.7. The number of nitrogens with one attached hydrogen (secondary N) is 2. The molecule has 18 heavy (non-hydrogen) atoms. The van der Waals surface area contributed by atoms with E-state index in [4.69, 9.17) is 11.6 Å². The zero-order valence-electron chi connectivity index (χ0n) is 11.4. The topological polar surface area (TPSA) is 75.3 Å². The van der Waals surface area contributed by atoms with E-state index in [9.17, 15) is 13.2 Å². The van der Waals surface area contributed by atoms with Crippen molar-refractivity contribution in [2.75, 3.05) is 18.2 Å². The van der Waals surface area contributed by atoms with Crippen LogP contribution in [0.1, 0.15) is 27.7 Å². The summed E-state index contributed by atoms with van der Waals surface area (Å²) in [5.41, 5.74) is 0. The summed E-state index contributed by atoms with van der Waals surface area (Å²) < 4.78 is 25.8. The van der Waals surface area contributed by atoms with Gasteiger partial charge in [-0.05, 0) is 18.8 Å². The Bertz CT molecular complexity index is 357. The first-order chi connectivity index (χ1) is 8.18. The fraction of sp³-hybridized carbons (Fsp3) is 0.909. The van der Waals surface area contributed by atoms with Crippen LogP contribution in [-0.2, 0) is 14.8 Å². The van der Waals surface area contributed by atoms with Crippen LogP contribution in [0.3, 0.4) is 0 Å². The van der Waals surface area contributed by atoms with E-state index in [1.807, 2.05) is 13.8 Å². The first kappa shape index (κ1) is 17.7. The van der Waals surface area contributed by atoms with Crippen molar-refractivity contribution >= 4 is 27.5 Å². The minimum atomic E-state index is -3.47. The summed E-state index contributed by atoms with van der Waals surface area (Å²) in [6.45, 7) is 7.74. The molecule has 5 nitrogen and oxygen atoms in total. The Morgan fingerprint density at radius 2 is 1.78 bits per heavy atom. The molecule has 7 heteroatoms. The SMILES string of the molecule is CC(C)CNC(=O)C(C)NS(=O)(=O)CC(C)CCl. The maximum absolute atomic E-state index is 11.7. The van der Waals surface area contributed by atoms with Crippen molar-refractivity contribution in [1.82, 2.24) is 10.0 Å². The minimum absolute atomic E-state index is 0.0711. The monoisotopic (exact) mass is 298 g/mol. The molecule has 2 atom stereocenters. The number of carbonyl (C=O) groups is 1. The Morgan fingerprint density at radius 3 is 2.22 bits per heavy atom. The third kappa shape index (κ3) is 7.89. The van der Waals surface area contributed by atoms with E-state index in [0.29, 0.717) is 12.5 Å². The molecule has 0 radical (unpaired) electrons. The lowest BCUT2D eigenvalue weighted by molar-refractivity contribution is -0.122. The molecule has 0 saturated heterocycles. The van der Waals surface area contributed by atoms with Gasteiger partial charge >= 0.3 is 0 Å². The molecule has 0 aliphatic carbocycles. The summed E-state index contributed by atoms with van der Waals surface area (Å²) in [6, 6.07) is -0.767. The second-order valence-electron chi connectivity index (χ2n) is 5.02. The number of halogens is 1. The number of amides is 1. The standard InChI is InChI=1S/C11H23ClN2O3S/c1-8(2)6-13-11(15)10(4)14-18(16,17)7-9(3)5-12/h8-10,14H,5-7H2,1-4H3,(H,13,15).